The molecule has 0 aromatic heterocycles. The number of anilines is 1. The second kappa shape index (κ2) is 6.44. The van der Waals surface area contributed by atoms with Gasteiger partial charge in [0.15, 0.2) is 0 Å². The summed E-state index contributed by atoms with van der Waals surface area (Å²) < 4.78 is 5.41. The Morgan fingerprint density at radius 2 is 1.75 bits per heavy atom. The topological polar surface area (TPSA) is 38.5 Å². The minimum absolute atomic E-state index is 0.0197. The molecule has 106 valence electrons. The first-order valence-electron chi connectivity index (χ1n) is 6.81. The number of benzene rings is 2. The summed E-state index contributed by atoms with van der Waals surface area (Å²) in [4.78, 5) is 2.20. The molecule has 0 radical (unpaired) electrons. The van der Waals surface area contributed by atoms with Crippen LogP contribution in [0.4, 0.5) is 5.69 Å². The lowest BCUT2D eigenvalue weighted by molar-refractivity contribution is 0.409. The van der Waals surface area contributed by atoms with Crippen molar-refractivity contribution in [3.63, 3.8) is 0 Å². The van der Waals surface area contributed by atoms with Crippen LogP contribution in [0.3, 0.4) is 0 Å². The Balaban J connectivity index is 2.26. The summed E-state index contributed by atoms with van der Waals surface area (Å²) in [6, 6.07) is 16.4. The second-order valence-electron chi connectivity index (χ2n) is 5.02. The largest absolute Gasteiger partial charge is 0.496 e. The molecule has 2 N–H and O–H groups in total. The Bertz CT molecular complexity index is 566. The molecule has 0 fully saturated rings. The molecular formula is C17H22N2O. The van der Waals surface area contributed by atoms with Crippen molar-refractivity contribution in [2.24, 2.45) is 5.73 Å². The van der Waals surface area contributed by atoms with Crippen molar-refractivity contribution in [2.45, 2.75) is 19.5 Å². The molecule has 3 heteroatoms. The zero-order valence-corrected chi connectivity index (χ0v) is 12.3. The Hall–Kier alpha value is -2.00. The Morgan fingerprint density at radius 3 is 2.45 bits per heavy atom. The summed E-state index contributed by atoms with van der Waals surface area (Å²) in [6.45, 7) is 2.80. The average Bonchev–Trinajstić information content (AvgIpc) is 2.47. The van der Waals surface area contributed by atoms with E-state index in [2.05, 4.69) is 30.1 Å². The van der Waals surface area contributed by atoms with E-state index in [1.165, 1.54) is 0 Å². The Morgan fingerprint density at radius 1 is 1.10 bits per heavy atom. The highest BCUT2D eigenvalue weighted by molar-refractivity contribution is 5.55. The van der Waals surface area contributed by atoms with Gasteiger partial charge < -0.3 is 15.4 Å². The first kappa shape index (κ1) is 14.4. The number of ether oxygens (including phenoxy) is 1. The van der Waals surface area contributed by atoms with E-state index in [9.17, 15) is 0 Å². The van der Waals surface area contributed by atoms with Gasteiger partial charge in [-0.15, -0.1) is 0 Å². The van der Waals surface area contributed by atoms with Crippen LogP contribution in [0.2, 0.25) is 0 Å². The lowest BCUT2D eigenvalue weighted by atomic mass is 10.1. The average molecular weight is 270 g/mol. The van der Waals surface area contributed by atoms with Gasteiger partial charge in [-0.2, -0.15) is 0 Å². The molecule has 0 amide bonds. The molecule has 20 heavy (non-hydrogen) atoms. The zero-order chi connectivity index (χ0) is 14.5. The van der Waals surface area contributed by atoms with E-state index >= 15 is 0 Å². The van der Waals surface area contributed by atoms with Crippen molar-refractivity contribution in [2.75, 3.05) is 19.1 Å². The maximum atomic E-state index is 6.05. The molecule has 1 atom stereocenters. The molecule has 2 aromatic rings. The van der Waals surface area contributed by atoms with Crippen molar-refractivity contribution < 1.29 is 4.74 Å². The molecule has 3 nitrogen and oxygen atoms in total. The fraction of sp³-hybridized carbons (Fsp3) is 0.294. The minimum atomic E-state index is 0.0197. The van der Waals surface area contributed by atoms with Crippen LogP contribution < -0.4 is 15.4 Å². The molecular weight excluding hydrogens is 248 g/mol. The number of methoxy groups -OCH3 is 1. The van der Waals surface area contributed by atoms with Crippen LogP contribution >= 0.6 is 0 Å². The van der Waals surface area contributed by atoms with E-state index < -0.39 is 0 Å². The summed E-state index contributed by atoms with van der Waals surface area (Å²) in [5.41, 5.74) is 9.53. The highest BCUT2D eigenvalue weighted by Crippen LogP contribution is 2.27. The van der Waals surface area contributed by atoms with Crippen LogP contribution in [0.5, 0.6) is 5.75 Å². The summed E-state index contributed by atoms with van der Waals surface area (Å²) in [7, 11) is 3.78. The smallest absolute Gasteiger partial charge is 0.123 e. The number of nitrogens with zero attached hydrogens (tertiary/aromatic N) is 1. The van der Waals surface area contributed by atoms with Gasteiger partial charge in [0.1, 0.15) is 5.75 Å². The molecule has 1 unspecified atom stereocenters. The maximum absolute atomic E-state index is 6.05. The van der Waals surface area contributed by atoms with Gasteiger partial charge in [0.05, 0.1) is 7.11 Å². The van der Waals surface area contributed by atoms with Crippen LogP contribution in [0.15, 0.2) is 48.5 Å². The van der Waals surface area contributed by atoms with Gasteiger partial charge in [-0.3, -0.25) is 0 Å². The number of rotatable bonds is 5. The van der Waals surface area contributed by atoms with E-state index in [1.807, 2.05) is 37.3 Å². The first-order chi connectivity index (χ1) is 9.63. The van der Waals surface area contributed by atoms with Gasteiger partial charge in [-0.05, 0) is 24.6 Å². The van der Waals surface area contributed by atoms with Crippen molar-refractivity contribution in [1.29, 1.82) is 0 Å². The van der Waals surface area contributed by atoms with Gasteiger partial charge in [-0.1, -0.05) is 36.4 Å². The van der Waals surface area contributed by atoms with Gasteiger partial charge in [0.25, 0.3) is 0 Å². The number of hydrogen-bond acceptors (Lipinski definition) is 3. The molecule has 0 aliphatic rings. The molecule has 0 aliphatic heterocycles. The Labute approximate surface area is 121 Å². The number of nitrogens with two attached hydrogens (primary N) is 1. The first-order valence-corrected chi connectivity index (χ1v) is 6.81. The second-order valence-corrected chi connectivity index (χ2v) is 5.02. The quantitative estimate of drug-likeness (QED) is 0.905. The molecule has 0 saturated heterocycles. The number of para-hydroxylation sites is 2. The number of hydrogen-bond donors (Lipinski definition) is 1. The summed E-state index contributed by atoms with van der Waals surface area (Å²) in [5.74, 6) is 0.914. The highest BCUT2D eigenvalue weighted by atomic mass is 16.5. The van der Waals surface area contributed by atoms with Gasteiger partial charge >= 0.3 is 0 Å². The lowest BCUT2D eigenvalue weighted by Crippen LogP contribution is -2.20. The molecule has 0 bridgehead atoms. The summed E-state index contributed by atoms with van der Waals surface area (Å²) in [5, 5.41) is 0. The van der Waals surface area contributed by atoms with Gasteiger partial charge in [0.2, 0.25) is 0 Å². The third-order valence-corrected chi connectivity index (χ3v) is 3.44. The summed E-state index contributed by atoms with van der Waals surface area (Å²) >= 11 is 0. The maximum Gasteiger partial charge on any atom is 0.123 e. The summed E-state index contributed by atoms with van der Waals surface area (Å²) in [6.07, 6.45) is 0. The van der Waals surface area contributed by atoms with E-state index in [-0.39, 0.29) is 6.04 Å². The van der Waals surface area contributed by atoms with Gasteiger partial charge in [-0.25, -0.2) is 0 Å². The Kier molecular flexibility index (Phi) is 4.64. The van der Waals surface area contributed by atoms with E-state index in [0.29, 0.717) is 0 Å². The third kappa shape index (κ3) is 3.11. The fourth-order valence-electron chi connectivity index (χ4n) is 2.39. The van der Waals surface area contributed by atoms with E-state index in [4.69, 9.17) is 10.5 Å². The van der Waals surface area contributed by atoms with Crippen molar-refractivity contribution >= 4 is 5.69 Å². The molecule has 0 saturated carbocycles. The van der Waals surface area contributed by atoms with Crippen LogP contribution in [0.1, 0.15) is 24.1 Å². The predicted molar refractivity (Wildman–Crippen MR) is 84.1 cm³/mol. The highest BCUT2D eigenvalue weighted by Gasteiger charge is 2.12. The SMILES string of the molecule is COc1ccccc1CN(C)c1ccccc1C(C)N. The van der Waals surface area contributed by atoms with Crippen LogP contribution in [-0.2, 0) is 6.54 Å². The van der Waals surface area contributed by atoms with Crippen LogP contribution in [0.25, 0.3) is 0 Å². The molecule has 0 heterocycles. The minimum Gasteiger partial charge on any atom is -0.496 e. The molecule has 0 aliphatic carbocycles. The van der Waals surface area contributed by atoms with Crippen LogP contribution in [0, 0.1) is 0 Å². The van der Waals surface area contributed by atoms with Crippen molar-refractivity contribution in [3.8, 4) is 5.75 Å². The van der Waals surface area contributed by atoms with E-state index in [1.54, 1.807) is 7.11 Å². The molecule has 0 spiro atoms. The van der Waals surface area contributed by atoms with Gasteiger partial charge in [0, 0.05) is 30.9 Å². The van der Waals surface area contributed by atoms with Crippen LogP contribution in [-0.4, -0.2) is 14.2 Å². The zero-order valence-electron chi connectivity index (χ0n) is 12.3. The molecule has 2 rings (SSSR count). The normalized spacial score (nSPS) is 12.0. The molecule has 2 aromatic carbocycles. The standard InChI is InChI=1S/C17H22N2O/c1-13(18)15-9-5-6-10-16(15)19(2)12-14-8-4-7-11-17(14)20-3/h4-11,13H,12,18H2,1-3H3. The fourth-order valence-corrected chi connectivity index (χ4v) is 2.39. The van der Waals surface area contributed by atoms with Crippen molar-refractivity contribution in [1.82, 2.24) is 0 Å². The van der Waals surface area contributed by atoms with E-state index in [0.717, 1.165) is 29.1 Å². The predicted octanol–water partition coefficient (Wildman–Crippen LogP) is 3.35. The monoisotopic (exact) mass is 270 g/mol. The third-order valence-electron chi connectivity index (χ3n) is 3.44. The lowest BCUT2D eigenvalue weighted by Gasteiger charge is -2.24. The van der Waals surface area contributed by atoms with Crippen molar-refractivity contribution in [3.05, 3.63) is 59.7 Å².